The molecule has 0 amide bonds. The topological polar surface area (TPSA) is 136 Å². The van der Waals surface area contributed by atoms with E-state index in [0.29, 0.717) is 17.7 Å². The van der Waals surface area contributed by atoms with Crippen LogP contribution in [0.4, 0.5) is 5.82 Å². The van der Waals surface area contributed by atoms with Crippen LogP contribution in [0.25, 0.3) is 11.2 Å². The lowest BCUT2D eigenvalue weighted by Gasteiger charge is -2.06. The molecule has 0 atom stereocenters. The van der Waals surface area contributed by atoms with Crippen molar-refractivity contribution in [3.05, 3.63) is 12.7 Å². The summed E-state index contributed by atoms with van der Waals surface area (Å²) in [6.07, 6.45) is 2.25. The van der Waals surface area contributed by atoms with E-state index in [-0.39, 0.29) is 24.8 Å². The highest BCUT2D eigenvalue weighted by Gasteiger charge is 2.13. The first-order valence-electron chi connectivity index (χ1n) is 5.01. The van der Waals surface area contributed by atoms with E-state index in [4.69, 9.17) is 20.3 Å². The van der Waals surface area contributed by atoms with Gasteiger partial charge in [0.15, 0.2) is 11.5 Å². The molecule has 0 aliphatic carbocycles. The summed E-state index contributed by atoms with van der Waals surface area (Å²) in [7, 11) is -4.12. The number of imidazole rings is 1. The molecule has 0 saturated carbocycles. The SMILES string of the molecule is Cl.Nc1ncnc2c1ncn2CCOCP(=O)(O)O. The number of nitrogens with zero attached hydrogens (tertiary/aromatic N) is 4. The fraction of sp³-hybridized carbons (Fsp3) is 0.375. The van der Waals surface area contributed by atoms with Crippen molar-refractivity contribution in [3.63, 3.8) is 0 Å². The molecule has 106 valence electrons. The number of anilines is 1. The largest absolute Gasteiger partial charge is 0.382 e. The average Bonchev–Trinajstić information content (AvgIpc) is 2.68. The van der Waals surface area contributed by atoms with Gasteiger partial charge in [0.2, 0.25) is 0 Å². The molecule has 2 rings (SSSR count). The summed E-state index contributed by atoms with van der Waals surface area (Å²) >= 11 is 0. The third kappa shape index (κ3) is 4.12. The molecule has 19 heavy (non-hydrogen) atoms. The normalized spacial score (nSPS) is 11.5. The van der Waals surface area contributed by atoms with E-state index in [2.05, 4.69) is 15.0 Å². The lowest BCUT2D eigenvalue weighted by molar-refractivity contribution is 0.149. The number of nitrogen functional groups attached to an aromatic ring is 1. The number of hydrogen-bond acceptors (Lipinski definition) is 6. The van der Waals surface area contributed by atoms with Crippen LogP contribution in [-0.2, 0) is 15.8 Å². The first-order valence-corrected chi connectivity index (χ1v) is 6.81. The lowest BCUT2D eigenvalue weighted by Crippen LogP contribution is -2.07. The zero-order valence-corrected chi connectivity index (χ0v) is 11.4. The van der Waals surface area contributed by atoms with E-state index in [0.717, 1.165) is 0 Å². The molecule has 11 heteroatoms. The van der Waals surface area contributed by atoms with E-state index in [9.17, 15) is 4.57 Å². The summed E-state index contributed by atoms with van der Waals surface area (Å²) < 4.78 is 17.1. The minimum Gasteiger partial charge on any atom is -0.382 e. The van der Waals surface area contributed by atoms with Gasteiger partial charge in [0.1, 0.15) is 18.2 Å². The maximum Gasteiger partial charge on any atom is 0.350 e. The Kier molecular flexibility index (Phi) is 5.21. The number of fused-ring (bicyclic) bond motifs is 1. The summed E-state index contributed by atoms with van der Waals surface area (Å²) in [4.78, 5) is 29.1. The Balaban J connectivity index is 0.00000180. The van der Waals surface area contributed by atoms with Crippen LogP contribution in [0, 0.1) is 0 Å². The van der Waals surface area contributed by atoms with Crippen LogP contribution in [0.15, 0.2) is 12.7 Å². The number of hydrogen-bond donors (Lipinski definition) is 3. The highest BCUT2D eigenvalue weighted by molar-refractivity contribution is 7.51. The van der Waals surface area contributed by atoms with Crippen molar-refractivity contribution in [3.8, 4) is 0 Å². The van der Waals surface area contributed by atoms with Crippen molar-refractivity contribution >= 4 is 37.0 Å². The van der Waals surface area contributed by atoms with Crippen LogP contribution >= 0.6 is 20.0 Å². The highest BCUT2D eigenvalue weighted by Crippen LogP contribution is 2.33. The fourth-order valence-corrected chi connectivity index (χ4v) is 1.78. The molecule has 0 unspecified atom stereocenters. The van der Waals surface area contributed by atoms with Gasteiger partial charge in [-0.2, -0.15) is 0 Å². The fourth-order valence-electron chi connectivity index (χ4n) is 1.41. The number of aromatic nitrogens is 4. The Morgan fingerprint density at radius 2 is 2.11 bits per heavy atom. The number of ether oxygens (including phenoxy) is 1. The second-order valence-electron chi connectivity index (χ2n) is 3.57. The summed E-state index contributed by atoms with van der Waals surface area (Å²) in [5.74, 6) is 0.287. The van der Waals surface area contributed by atoms with E-state index < -0.39 is 13.9 Å². The average molecular weight is 310 g/mol. The van der Waals surface area contributed by atoms with Crippen molar-refractivity contribution in [2.75, 3.05) is 18.7 Å². The van der Waals surface area contributed by atoms with E-state index in [1.165, 1.54) is 12.7 Å². The molecule has 0 aliphatic heterocycles. The predicted molar refractivity (Wildman–Crippen MR) is 69.8 cm³/mol. The first kappa shape index (κ1) is 15.8. The smallest absolute Gasteiger partial charge is 0.350 e. The summed E-state index contributed by atoms with van der Waals surface area (Å²) in [5, 5.41) is 0. The molecule has 0 bridgehead atoms. The maximum atomic E-state index is 10.6. The molecule has 2 aromatic heterocycles. The Morgan fingerprint density at radius 1 is 1.37 bits per heavy atom. The monoisotopic (exact) mass is 309 g/mol. The van der Waals surface area contributed by atoms with E-state index in [1.807, 2.05) is 0 Å². The molecular weight excluding hydrogens is 297 g/mol. The van der Waals surface area contributed by atoms with Crippen LogP contribution in [0.1, 0.15) is 0 Å². The van der Waals surface area contributed by atoms with Crippen LogP contribution < -0.4 is 5.73 Å². The summed E-state index contributed by atoms with van der Waals surface area (Å²) in [5.41, 5.74) is 6.67. The quantitative estimate of drug-likeness (QED) is 0.518. The van der Waals surface area contributed by atoms with Crippen LogP contribution in [-0.4, -0.2) is 42.3 Å². The van der Waals surface area contributed by atoms with Gasteiger partial charge in [-0.25, -0.2) is 15.0 Å². The van der Waals surface area contributed by atoms with E-state index in [1.54, 1.807) is 4.57 Å². The molecule has 2 heterocycles. The van der Waals surface area contributed by atoms with Crippen LogP contribution in [0.2, 0.25) is 0 Å². The van der Waals surface area contributed by atoms with Crippen molar-refractivity contribution in [2.45, 2.75) is 6.54 Å². The number of nitrogens with two attached hydrogens (primary N) is 1. The van der Waals surface area contributed by atoms with Gasteiger partial charge >= 0.3 is 7.60 Å². The van der Waals surface area contributed by atoms with Gasteiger partial charge in [-0.3, -0.25) is 4.57 Å². The van der Waals surface area contributed by atoms with Gasteiger partial charge in [-0.1, -0.05) is 0 Å². The highest BCUT2D eigenvalue weighted by atomic mass is 35.5. The van der Waals surface area contributed by atoms with E-state index >= 15 is 0 Å². The molecule has 0 spiro atoms. The molecular formula is C8H13ClN5O4P. The van der Waals surface area contributed by atoms with Gasteiger partial charge < -0.3 is 24.8 Å². The maximum absolute atomic E-state index is 10.6. The number of rotatable bonds is 5. The molecule has 0 fully saturated rings. The zero-order chi connectivity index (χ0) is 13.2. The molecule has 4 N–H and O–H groups in total. The zero-order valence-electron chi connectivity index (χ0n) is 9.71. The Bertz CT molecular complexity index is 600. The van der Waals surface area contributed by atoms with Crippen LogP contribution in [0.5, 0.6) is 0 Å². The molecule has 9 nitrogen and oxygen atoms in total. The molecule has 0 aromatic carbocycles. The second kappa shape index (κ2) is 6.27. The van der Waals surface area contributed by atoms with Gasteiger partial charge in [-0.15, -0.1) is 12.4 Å². The molecule has 0 aliphatic rings. The predicted octanol–water partition coefficient (Wildman–Crippen LogP) is -0.0179. The third-order valence-corrected chi connectivity index (χ3v) is 2.68. The van der Waals surface area contributed by atoms with Crippen molar-refractivity contribution in [2.24, 2.45) is 0 Å². The Morgan fingerprint density at radius 3 is 2.79 bits per heavy atom. The Labute approximate surface area is 114 Å². The van der Waals surface area contributed by atoms with Gasteiger partial charge in [0, 0.05) is 6.54 Å². The lowest BCUT2D eigenvalue weighted by atomic mass is 10.5. The summed E-state index contributed by atoms with van der Waals surface area (Å²) in [6.45, 7) is 0.507. The molecule has 0 saturated heterocycles. The van der Waals surface area contributed by atoms with Crippen LogP contribution in [0.3, 0.4) is 0 Å². The minimum absolute atomic E-state index is 0. The molecule has 2 aromatic rings. The number of halogens is 1. The Hall–Kier alpha value is -1.25. The van der Waals surface area contributed by atoms with Crippen molar-refractivity contribution < 1.29 is 19.1 Å². The summed E-state index contributed by atoms with van der Waals surface area (Å²) in [6, 6.07) is 0. The first-order chi connectivity index (χ1) is 8.47. The minimum atomic E-state index is -4.12. The standard InChI is InChI=1S/C8H12N5O4P.ClH/c9-7-6-8(11-3-10-7)13(4-12-6)1-2-17-5-18(14,15)16;/h3-4H,1-2,5H2,(H2,9,10,11)(H2,14,15,16);1H. The van der Waals surface area contributed by atoms with Gasteiger partial charge in [0.05, 0.1) is 12.9 Å². The second-order valence-corrected chi connectivity index (χ2v) is 5.16. The van der Waals surface area contributed by atoms with Gasteiger partial charge in [0.25, 0.3) is 0 Å². The van der Waals surface area contributed by atoms with Gasteiger partial charge in [-0.05, 0) is 0 Å². The molecule has 0 radical (unpaired) electrons. The van der Waals surface area contributed by atoms with Crippen molar-refractivity contribution in [1.82, 2.24) is 19.5 Å². The van der Waals surface area contributed by atoms with Crippen molar-refractivity contribution in [1.29, 1.82) is 0 Å². The third-order valence-electron chi connectivity index (χ3n) is 2.17.